The van der Waals surface area contributed by atoms with E-state index in [1.165, 1.54) is 5.56 Å². The summed E-state index contributed by atoms with van der Waals surface area (Å²) in [6.07, 6.45) is 0.882. The molecule has 0 bridgehead atoms. The van der Waals surface area contributed by atoms with Gasteiger partial charge in [0.2, 0.25) is 0 Å². The minimum Gasteiger partial charge on any atom is -0.322 e. The first-order chi connectivity index (χ1) is 10.2. The fourth-order valence-corrected chi connectivity index (χ4v) is 2.85. The molecule has 0 atom stereocenters. The number of fused-ring (bicyclic) bond motifs is 1. The number of hydrogen-bond donors (Lipinski definition) is 2. The van der Waals surface area contributed by atoms with Crippen LogP contribution in [0.25, 0.3) is 0 Å². The zero-order chi connectivity index (χ0) is 14.8. The van der Waals surface area contributed by atoms with Crippen LogP contribution < -0.4 is 10.6 Å². The maximum Gasteiger partial charge on any atom is 0.255 e. The molecule has 1 heterocycles. The Labute approximate surface area is 129 Å². The zero-order valence-corrected chi connectivity index (χ0v) is 12.6. The molecule has 3 nitrogen and oxygen atoms in total. The van der Waals surface area contributed by atoms with Crippen LogP contribution in [-0.4, -0.2) is 12.5 Å². The summed E-state index contributed by atoms with van der Waals surface area (Å²) >= 11 is 6.10. The summed E-state index contributed by atoms with van der Waals surface area (Å²) in [6, 6.07) is 11.4. The molecule has 0 aliphatic carbocycles. The van der Waals surface area contributed by atoms with Crippen LogP contribution in [0.5, 0.6) is 0 Å². The number of halogens is 1. The largest absolute Gasteiger partial charge is 0.322 e. The average molecular weight is 301 g/mol. The Bertz CT molecular complexity index is 697. The quantitative estimate of drug-likeness (QED) is 0.890. The van der Waals surface area contributed by atoms with Crippen LogP contribution in [0, 0.1) is 6.92 Å². The maximum atomic E-state index is 12.6. The Morgan fingerprint density at radius 3 is 2.90 bits per heavy atom. The number of benzene rings is 2. The Kier molecular flexibility index (Phi) is 3.95. The highest BCUT2D eigenvalue weighted by Gasteiger charge is 2.17. The van der Waals surface area contributed by atoms with Crippen molar-refractivity contribution < 1.29 is 4.79 Å². The molecule has 1 aliphatic heterocycles. The van der Waals surface area contributed by atoms with Gasteiger partial charge in [-0.25, -0.2) is 0 Å². The van der Waals surface area contributed by atoms with Gasteiger partial charge >= 0.3 is 0 Å². The van der Waals surface area contributed by atoms with Gasteiger partial charge in [-0.15, -0.1) is 0 Å². The van der Waals surface area contributed by atoms with Crippen LogP contribution in [0.15, 0.2) is 36.4 Å². The lowest BCUT2D eigenvalue weighted by Gasteiger charge is -2.20. The molecule has 4 heteroatoms. The van der Waals surface area contributed by atoms with Crippen molar-refractivity contribution in [3.05, 3.63) is 63.7 Å². The SMILES string of the molecule is Cc1c(Cl)cccc1NC(=O)c1cccc2c1CCNC2. The summed E-state index contributed by atoms with van der Waals surface area (Å²) in [4.78, 5) is 12.6. The monoisotopic (exact) mass is 300 g/mol. The van der Waals surface area contributed by atoms with Crippen molar-refractivity contribution in [2.45, 2.75) is 19.9 Å². The molecule has 0 radical (unpaired) electrons. The highest BCUT2D eigenvalue weighted by atomic mass is 35.5. The predicted molar refractivity (Wildman–Crippen MR) is 86.0 cm³/mol. The predicted octanol–water partition coefficient (Wildman–Crippen LogP) is 3.55. The molecule has 108 valence electrons. The first-order valence-electron chi connectivity index (χ1n) is 7.05. The first kappa shape index (κ1) is 14.1. The smallest absolute Gasteiger partial charge is 0.255 e. The number of hydrogen-bond acceptors (Lipinski definition) is 2. The topological polar surface area (TPSA) is 41.1 Å². The summed E-state index contributed by atoms with van der Waals surface area (Å²) < 4.78 is 0. The zero-order valence-electron chi connectivity index (χ0n) is 11.9. The number of nitrogens with one attached hydrogen (secondary N) is 2. The molecular formula is C17H17ClN2O. The Morgan fingerprint density at radius 2 is 2.05 bits per heavy atom. The van der Waals surface area contributed by atoms with Gasteiger partial charge in [-0.05, 0) is 54.8 Å². The van der Waals surface area contributed by atoms with E-state index >= 15 is 0 Å². The Morgan fingerprint density at radius 1 is 1.24 bits per heavy atom. The number of carbonyl (C=O) groups is 1. The lowest BCUT2D eigenvalue weighted by atomic mass is 9.95. The van der Waals surface area contributed by atoms with Gasteiger partial charge in [0, 0.05) is 22.8 Å². The van der Waals surface area contributed by atoms with E-state index in [9.17, 15) is 4.79 Å². The second-order valence-corrected chi connectivity index (χ2v) is 5.64. The van der Waals surface area contributed by atoms with Gasteiger partial charge in [0.05, 0.1) is 0 Å². The third kappa shape index (κ3) is 2.80. The van der Waals surface area contributed by atoms with Gasteiger partial charge in [0.1, 0.15) is 0 Å². The van der Waals surface area contributed by atoms with Crippen LogP contribution in [-0.2, 0) is 13.0 Å². The molecule has 1 aliphatic rings. The molecule has 0 saturated heterocycles. The van der Waals surface area contributed by atoms with Gasteiger partial charge in [-0.2, -0.15) is 0 Å². The van der Waals surface area contributed by atoms with Crippen molar-refractivity contribution in [1.82, 2.24) is 5.32 Å². The van der Waals surface area contributed by atoms with Crippen LogP contribution >= 0.6 is 11.6 Å². The van der Waals surface area contributed by atoms with Crippen LogP contribution in [0.2, 0.25) is 5.02 Å². The summed E-state index contributed by atoms with van der Waals surface area (Å²) in [5, 5.41) is 6.96. The van der Waals surface area contributed by atoms with Gasteiger partial charge < -0.3 is 10.6 Å². The number of carbonyl (C=O) groups excluding carboxylic acids is 1. The molecular weight excluding hydrogens is 284 g/mol. The Balaban J connectivity index is 1.91. The van der Waals surface area contributed by atoms with Crippen molar-refractivity contribution in [3.8, 4) is 0 Å². The van der Waals surface area contributed by atoms with E-state index < -0.39 is 0 Å². The summed E-state index contributed by atoms with van der Waals surface area (Å²) in [5.41, 5.74) is 4.76. The fraction of sp³-hybridized carbons (Fsp3) is 0.235. The standard InChI is InChI=1S/C17H17ClN2O/c1-11-15(18)6-3-7-16(11)20-17(21)14-5-2-4-12-10-19-9-8-13(12)14/h2-7,19H,8-10H2,1H3,(H,20,21). The summed E-state index contributed by atoms with van der Waals surface area (Å²) in [5.74, 6) is -0.0703. The highest BCUT2D eigenvalue weighted by Crippen LogP contribution is 2.25. The van der Waals surface area contributed by atoms with Gasteiger partial charge in [-0.1, -0.05) is 29.8 Å². The van der Waals surface area contributed by atoms with Crippen LogP contribution in [0.3, 0.4) is 0 Å². The first-order valence-corrected chi connectivity index (χ1v) is 7.42. The van der Waals surface area contributed by atoms with Crippen molar-refractivity contribution >= 4 is 23.2 Å². The van der Waals surface area contributed by atoms with E-state index in [-0.39, 0.29) is 5.91 Å². The molecule has 2 aromatic carbocycles. The van der Waals surface area contributed by atoms with E-state index in [0.717, 1.165) is 41.9 Å². The van der Waals surface area contributed by atoms with E-state index in [0.29, 0.717) is 5.02 Å². The molecule has 0 fully saturated rings. The van der Waals surface area contributed by atoms with E-state index in [1.54, 1.807) is 0 Å². The molecule has 2 N–H and O–H groups in total. The summed E-state index contributed by atoms with van der Waals surface area (Å²) in [6.45, 7) is 3.64. The van der Waals surface area contributed by atoms with E-state index in [2.05, 4.69) is 16.7 Å². The Hall–Kier alpha value is -1.84. The molecule has 0 unspecified atom stereocenters. The third-order valence-electron chi connectivity index (χ3n) is 3.90. The van der Waals surface area contributed by atoms with Gasteiger partial charge in [-0.3, -0.25) is 4.79 Å². The molecule has 0 spiro atoms. The third-order valence-corrected chi connectivity index (χ3v) is 4.31. The average Bonchev–Trinajstić information content (AvgIpc) is 2.51. The van der Waals surface area contributed by atoms with E-state index in [4.69, 9.17) is 11.6 Å². The second kappa shape index (κ2) is 5.88. The number of rotatable bonds is 2. The van der Waals surface area contributed by atoms with Crippen molar-refractivity contribution in [1.29, 1.82) is 0 Å². The molecule has 1 amide bonds. The van der Waals surface area contributed by atoms with Crippen LogP contribution in [0.1, 0.15) is 27.0 Å². The second-order valence-electron chi connectivity index (χ2n) is 5.24. The molecule has 2 aromatic rings. The molecule has 0 saturated carbocycles. The molecule has 0 aromatic heterocycles. The lowest BCUT2D eigenvalue weighted by molar-refractivity contribution is 0.102. The molecule has 21 heavy (non-hydrogen) atoms. The minimum atomic E-state index is -0.0703. The summed E-state index contributed by atoms with van der Waals surface area (Å²) in [7, 11) is 0. The van der Waals surface area contributed by atoms with Crippen molar-refractivity contribution in [3.63, 3.8) is 0 Å². The van der Waals surface area contributed by atoms with E-state index in [1.807, 2.05) is 37.3 Å². The van der Waals surface area contributed by atoms with Crippen molar-refractivity contribution in [2.75, 3.05) is 11.9 Å². The minimum absolute atomic E-state index is 0.0703. The normalized spacial score (nSPS) is 13.6. The van der Waals surface area contributed by atoms with Gasteiger partial charge in [0.15, 0.2) is 0 Å². The fourth-order valence-electron chi connectivity index (χ4n) is 2.68. The van der Waals surface area contributed by atoms with Crippen molar-refractivity contribution in [2.24, 2.45) is 0 Å². The van der Waals surface area contributed by atoms with Crippen LogP contribution in [0.4, 0.5) is 5.69 Å². The number of anilines is 1. The maximum absolute atomic E-state index is 12.6. The highest BCUT2D eigenvalue weighted by molar-refractivity contribution is 6.31. The number of amides is 1. The van der Waals surface area contributed by atoms with Gasteiger partial charge in [0.25, 0.3) is 5.91 Å². The lowest BCUT2D eigenvalue weighted by Crippen LogP contribution is -2.26. The molecule has 3 rings (SSSR count).